The number of carbonyl (C=O) groups is 1. The molecule has 174 valence electrons. The lowest BCUT2D eigenvalue weighted by Gasteiger charge is -2.36. The van der Waals surface area contributed by atoms with Crippen molar-refractivity contribution < 1.29 is 4.79 Å². The molecule has 2 saturated heterocycles. The molecule has 0 bridgehead atoms. The summed E-state index contributed by atoms with van der Waals surface area (Å²) < 4.78 is 1.98. The number of hydrogen-bond donors (Lipinski definition) is 2. The summed E-state index contributed by atoms with van der Waals surface area (Å²) in [5.74, 6) is 0.671. The second kappa shape index (κ2) is 9.83. The van der Waals surface area contributed by atoms with Crippen molar-refractivity contribution in [2.24, 2.45) is 0 Å². The van der Waals surface area contributed by atoms with Crippen LogP contribution in [0.5, 0.6) is 0 Å². The minimum absolute atomic E-state index is 0.0503. The maximum Gasteiger partial charge on any atom is 0.317 e. The molecule has 0 radical (unpaired) electrons. The predicted molar refractivity (Wildman–Crippen MR) is 133 cm³/mol. The summed E-state index contributed by atoms with van der Waals surface area (Å²) in [7, 11) is 0. The zero-order valence-electron chi connectivity index (χ0n) is 19.5. The van der Waals surface area contributed by atoms with Crippen molar-refractivity contribution >= 4 is 17.2 Å². The SMILES string of the molecule is CCCNC(=O)N1CCN(c2ccnn3cc(-c4ccc(C5CCNCC5)cc4)cc23)CC1. The fourth-order valence-electron chi connectivity index (χ4n) is 5.02. The minimum Gasteiger partial charge on any atom is -0.366 e. The molecule has 2 aliphatic heterocycles. The van der Waals surface area contributed by atoms with E-state index in [1.54, 1.807) is 0 Å². The molecule has 3 aromatic rings. The van der Waals surface area contributed by atoms with Crippen molar-refractivity contribution in [1.29, 1.82) is 0 Å². The molecule has 0 unspecified atom stereocenters. The van der Waals surface area contributed by atoms with Gasteiger partial charge in [0, 0.05) is 50.7 Å². The Kier molecular flexibility index (Phi) is 6.48. The second-order valence-electron chi connectivity index (χ2n) is 9.13. The standard InChI is InChI=1S/C26H34N6O/c1-2-10-28-26(33)31-16-14-30(15-17-31)24-9-13-29-32-19-23(18-25(24)32)21-5-3-20(4-6-21)22-7-11-27-12-8-22/h3-6,9,13,18-19,22,27H,2,7-8,10-12,14-17H2,1H3,(H,28,33). The molecule has 7 nitrogen and oxygen atoms in total. The molecule has 1 aromatic carbocycles. The molecule has 0 spiro atoms. The first-order valence-corrected chi connectivity index (χ1v) is 12.3. The first kappa shape index (κ1) is 21.8. The number of urea groups is 1. The van der Waals surface area contributed by atoms with Crippen LogP contribution < -0.4 is 15.5 Å². The quantitative estimate of drug-likeness (QED) is 0.627. The van der Waals surface area contributed by atoms with Gasteiger partial charge in [-0.3, -0.25) is 0 Å². The van der Waals surface area contributed by atoms with E-state index in [-0.39, 0.29) is 6.03 Å². The van der Waals surface area contributed by atoms with E-state index in [0.29, 0.717) is 5.92 Å². The Bertz CT molecular complexity index is 1080. The molecule has 2 N–H and O–H groups in total. The Morgan fingerprint density at radius 2 is 1.82 bits per heavy atom. The largest absolute Gasteiger partial charge is 0.366 e. The molecule has 4 heterocycles. The highest BCUT2D eigenvalue weighted by Gasteiger charge is 2.23. The number of rotatable bonds is 5. The summed E-state index contributed by atoms with van der Waals surface area (Å²) >= 11 is 0. The maximum absolute atomic E-state index is 12.3. The van der Waals surface area contributed by atoms with Crippen molar-refractivity contribution in [3.05, 3.63) is 54.4 Å². The van der Waals surface area contributed by atoms with Gasteiger partial charge >= 0.3 is 6.03 Å². The molecule has 0 saturated carbocycles. The maximum atomic E-state index is 12.3. The van der Waals surface area contributed by atoms with E-state index >= 15 is 0 Å². The smallest absolute Gasteiger partial charge is 0.317 e. The molecule has 5 rings (SSSR count). The summed E-state index contributed by atoms with van der Waals surface area (Å²) in [5.41, 5.74) is 6.14. The van der Waals surface area contributed by atoms with Gasteiger partial charge in [0.15, 0.2) is 0 Å². The molecule has 0 atom stereocenters. The van der Waals surface area contributed by atoms with Crippen LogP contribution in [0.3, 0.4) is 0 Å². The fraction of sp³-hybridized carbons (Fsp3) is 0.462. The zero-order valence-corrected chi connectivity index (χ0v) is 19.5. The van der Waals surface area contributed by atoms with Gasteiger partial charge in [-0.15, -0.1) is 0 Å². The van der Waals surface area contributed by atoms with Crippen molar-refractivity contribution in [3.63, 3.8) is 0 Å². The molecule has 2 amide bonds. The van der Waals surface area contributed by atoms with Gasteiger partial charge in [-0.2, -0.15) is 5.10 Å². The Balaban J connectivity index is 1.31. The van der Waals surface area contributed by atoms with Crippen molar-refractivity contribution in [3.8, 4) is 11.1 Å². The number of piperidine rings is 1. The summed E-state index contributed by atoms with van der Waals surface area (Å²) in [6.45, 7) is 8.14. The van der Waals surface area contributed by atoms with Gasteiger partial charge < -0.3 is 20.4 Å². The van der Waals surface area contributed by atoms with E-state index in [0.717, 1.165) is 57.8 Å². The van der Waals surface area contributed by atoms with Crippen molar-refractivity contribution in [2.45, 2.75) is 32.1 Å². The van der Waals surface area contributed by atoms with E-state index in [2.05, 4.69) is 70.2 Å². The third-order valence-electron chi connectivity index (χ3n) is 6.97. The van der Waals surface area contributed by atoms with Gasteiger partial charge in [-0.1, -0.05) is 31.2 Å². The van der Waals surface area contributed by atoms with Crippen LogP contribution in [-0.4, -0.2) is 66.4 Å². The van der Waals surface area contributed by atoms with Crippen LogP contribution in [-0.2, 0) is 0 Å². The lowest BCUT2D eigenvalue weighted by molar-refractivity contribution is 0.194. The van der Waals surface area contributed by atoms with Crippen LogP contribution in [0.15, 0.2) is 48.8 Å². The van der Waals surface area contributed by atoms with Gasteiger partial charge in [0.25, 0.3) is 0 Å². The van der Waals surface area contributed by atoms with Gasteiger partial charge in [0.1, 0.15) is 0 Å². The van der Waals surface area contributed by atoms with Crippen LogP contribution >= 0.6 is 0 Å². The number of carbonyl (C=O) groups excluding carboxylic acids is 1. The average Bonchev–Trinajstić information content (AvgIpc) is 3.33. The van der Waals surface area contributed by atoms with Crippen LogP contribution in [0.2, 0.25) is 0 Å². The number of nitrogens with zero attached hydrogens (tertiary/aromatic N) is 4. The van der Waals surface area contributed by atoms with Crippen LogP contribution in [0, 0.1) is 0 Å². The number of hydrogen-bond acceptors (Lipinski definition) is 4. The van der Waals surface area contributed by atoms with Crippen LogP contribution in [0.4, 0.5) is 10.5 Å². The number of piperazine rings is 1. The number of benzene rings is 1. The monoisotopic (exact) mass is 446 g/mol. The molecular formula is C26H34N6O. The molecule has 2 fully saturated rings. The second-order valence-corrected chi connectivity index (χ2v) is 9.13. The third-order valence-corrected chi connectivity index (χ3v) is 6.97. The van der Waals surface area contributed by atoms with Crippen molar-refractivity contribution in [2.75, 3.05) is 50.7 Å². The summed E-state index contributed by atoms with van der Waals surface area (Å²) in [4.78, 5) is 16.6. The Morgan fingerprint density at radius 1 is 1.06 bits per heavy atom. The first-order valence-electron chi connectivity index (χ1n) is 12.3. The van der Waals surface area contributed by atoms with Crippen LogP contribution in [0.25, 0.3) is 16.6 Å². The number of aromatic nitrogens is 2. The molecule has 33 heavy (non-hydrogen) atoms. The lowest BCUT2D eigenvalue weighted by Crippen LogP contribution is -2.52. The average molecular weight is 447 g/mol. The Morgan fingerprint density at radius 3 is 2.55 bits per heavy atom. The Labute approximate surface area is 195 Å². The zero-order chi connectivity index (χ0) is 22.6. The molecule has 2 aliphatic rings. The third kappa shape index (κ3) is 4.69. The number of anilines is 1. The molecule has 2 aromatic heterocycles. The Hall–Kier alpha value is -3.06. The van der Waals surface area contributed by atoms with E-state index in [1.807, 2.05) is 15.6 Å². The summed E-state index contributed by atoms with van der Waals surface area (Å²) in [6, 6.07) is 13.5. The van der Waals surface area contributed by atoms with E-state index < -0.39 is 0 Å². The molecule has 7 heteroatoms. The number of nitrogens with one attached hydrogen (secondary N) is 2. The summed E-state index contributed by atoms with van der Waals surface area (Å²) in [5, 5.41) is 11.0. The minimum atomic E-state index is 0.0503. The van der Waals surface area contributed by atoms with Gasteiger partial charge in [-0.05, 0) is 61.5 Å². The van der Waals surface area contributed by atoms with Gasteiger partial charge in [-0.25, -0.2) is 9.31 Å². The number of fused-ring (bicyclic) bond motifs is 1. The van der Waals surface area contributed by atoms with E-state index in [4.69, 9.17) is 0 Å². The highest BCUT2D eigenvalue weighted by Crippen LogP contribution is 2.31. The van der Waals surface area contributed by atoms with Crippen molar-refractivity contribution in [1.82, 2.24) is 25.1 Å². The highest BCUT2D eigenvalue weighted by molar-refractivity contribution is 5.80. The van der Waals surface area contributed by atoms with Gasteiger partial charge in [0.05, 0.1) is 11.2 Å². The fourth-order valence-corrected chi connectivity index (χ4v) is 5.02. The van der Waals surface area contributed by atoms with E-state index in [9.17, 15) is 4.79 Å². The highest BCUT2D eigenvalue weighted by atomic mass is 16.2. The normalized spacial score (nSPS) is 17.5. The molecule has 0 aliphatic carbocycles. The predicted octanol–water partition coefficient (Wildman–Crippen LogP) is 3.71. The first-order chi connectivity index (χ1) is 16.2. The molecular weight excluding hydrogens is 412 g/mol. The van der Waals surface area contributed by atoms with E-state index in [1.165, 1.54) is 35.2 Å². The number of amides is 2. The van der Waals surface area contributed by atoms with Crippen LogP contribution in [0.1, 0.15) is 37.7 Å². The summed E-state index contributed by atoms with van der Waals surface area (Å²) in [6.07, 6.45) is 7.38. The topological polar surface area (TPSA) is 64.9 Å². The van der Waals surface area contributed by atoms with Gasteiger partial charge in [0.2, 0.25) is 0 Å². The lowest BCUT2D eigenvalue weighted by atomic mass is 9.89.